The van der Waals surface area contributed by atoms with Crippen LogP contribution in [-0.4, -0.2) is 45.7 Å². The van der Waals surface area contributed by atoms with Crippen LogP contribution in [0.5, 0.6) is 0 Å². The Morgan fingerprint density at radius 2 is 2.27 bits per heavy atom. The summed E-state index contributed by atoms with van der Waals surface area (Å²) < 4.78 is 2.89. The van der Waals surface area contributed by atoms with Crippen molar-refractivity contribution in [1.29, 1.82) is 0 Å². The minimum absolute atomic E-state index is 0.158. The third kappa shape index (κ3) is 3.11. The summed E-state index contributed by atoms with van der Waals surface area (Å²) in [6.45, 7) is 4.52. The molecule has 26 heavy (non-hydrogen) atoms. The van der Waals surface area contributed by atoms with E-state index in [0.717, 1.165) is 25.1 Å². The molecule has 0 radical (unpaired) electrons. The third-order valence-electron chi connectivity index (χ3n) is 5.10. The number of H-pyrrole nitrogens is 1. The maximum atomic E-state index is 12.5. The monoisotopic (exact) mass is 464 g/mol. The summed E-state index contributed by atoms with van der Waals surface area (Å²) in [5.41, 5.74) is 3.47. The zero-order valence-corrected chi connectivity index (χ0v) is 16.9. The Balaban J connectivity index is 1.74. The molecule has 0 unspecified atom stereocenters. The van der Waals surface area contributed by atoms with Crippen LogP contribution < -0.4 is 15.9 Å². The number of aromatic amines is 1. The van der Waals surface area contributed by atoms with E-state index in [-0.39, 0.29) is 5.69 Å². The Bertz CT molecular complexity index is 1000. The summed E-state index contributed by atoms with van der Waals surface area (Å²) in [5, 5.41) is 3.36. The molecular formula is C18H21IN6O. The molecule has 1 saturated heterocycles. The lowest BCUT2D eigenvalue weighted by Gasteiger charge is -2.23. The van der Waals surface area contributed by atoms with Crippen molar-refractivity contribution in [2.24, 2.45) is 0 Å². The number of imidazole rings is 1. The zero-order valence-electron chi connectivity index (χ0n) is 14.8. The highest BCUT2D eigenvalue weighted by Crippen LogP contribution is 2.19. The Labute approximate surface area is 165 Å². The van der Waals surface area contributed by atoms with Crippen LogP contribution in [0.1, 0.15) is 17.5 Å². The van der Waals surface area contributed by atoms with Crippen molar-refractivity contribution in [3.8, 4) is 0 Å². The second-order valence-electron chi connectivity index (χ2n) is 6.71. The van der Waals surface area contributed by atoms with E-state index in [1.807, 2.05) is 13.1 Å². The highest BCUT2D eigenvalue weighted by Gasteiger charge is 2.22. The first kappa shape index (κ1) is 17.5. The molecule has 0 amide bonds. The number of hydrogen-bond acceptors (Lipinski definition) is 5. The molecule has 3 aromatic rings. The van der Waals surface area contributed by atoms with Crippen LogP contribution in [0.2, 0.25) is 0 Å². The molecular weight excluding hydrogens is 443 g/mol. The van der Waals surface area contributed by atoms with Crippen LogP contribution in [0.3, 0.4) is 0 Å². The van der Waals surface area contributed by atoms with Gasteiger partial charge in [-0.15, -0.1) is 0 Å². The van der Waals surface area contributed by atoms with Gasteiger partial charge < -0.3 is 15.2 Å². The molecule has 1 atom stereocenters. The van der Waals surface area contributed by atoms with Gasteiger partial charge >= 0.3 is 5.69 Å². The van der Waals surface area contributed by atoms with Crippen molar-refractivity contribution in [1.82, 2.24) is 24.8 Å². The zero-order chi connectivity index (χ0) is 18.3. The topological polar surface area (TPSA) is 78.8 Å². The fourth-order valence-corrected chi connectivity index (χ4v) is 3.93. The Morgan fingerprint density at radius 3 is 3.04 bits per heavy atom. The largest absolute Gasteiger partial charge is 0.340 e. The average molecular weight is 464 g/mol. The highest BCUT2D eigenvalue weighted by molar-refractivity contribution is 14.1. The third-order valence-corrected chi connectivity index (χ3v) is 6.27. The summed E-state index contributed by atoms with van der Waals surface area (Å²) in [6, 6.07) is 6.53. The van der Waals surface area contributed by atoms with E-state index in [0.29, 0.717) is 29.7 Å². The van der Waals surface area contributed by atoms with Gasteiger partial charge in [0.15, 0.2) is 5.65 Å². The van der Waals surface area contributed by atoms with Gasteiger partial charge in [0.1, 0.15) is 5.52 Å². The number of benzene rings is 1. The second kappa shape index (κ2) is 6.99. The molecule has 3 heterocycles. The lowest BCUT2D eigenvalue weighted by Crippen LogP contribution is -2.34. The SMILES string of the molecule is Cc1c(I)cccc1Cn1c(=O)[nH]c2cnc(N(C)[C@@H]3CCNC3)nc21. The first-order valence-electron chi connectivity index (χ1n) is 8.67. The Hall–Kier alpha value is -1.94. The van der Waals surface area contributed by atoms with Crippen molar-refractivity contribution in [2.45, 2.75) is 25.9 Å². The Kier molecular flexibility index (Phi) is 4.70. The molecule has 2 N–H and O–H groups in total. The first-order chi connectivity index (χ1) is 12.5. The fraction of sp³-hybridized carbons (Fsp3) is 0.389. The maximum Gasteiger partial charge on any atom is 0.328 e. The number of nitrogens with one attached hydrogen (secondary N) is 2. The van der Waals surface area contributed by atoms with E-state index in [9.17, 15) is 4.79 Å². The standard InChI is InChI=1S/C18H21IN6O/c1-11-12(4-3-5-14(11)19)10-25-16-15(22-18(25)26)9-21-17(23-16)24(2)13-6-7-20-8-13/h3-5,9,13,20H,6-8,10H2,1-2H3,(H,22,26)/t13-/m1/s1. The second-order valence-corrected chi connectivity index (χ2v) is 7.87. The van der Waals surface area contributed by atoms with E-state index >= 15 is 0 Å². The molecule has 8 heteroatoms. The van der Waals surface area contributed by atoms with Gasteiger partial charge in [-0.05, 0) is 59.7 Å². The van der Waals surface area contributed by atoms with Crippen molar-refractivity contribution < 1.29 is 0 Å². The molecule has 0 spiro atoms. The molecule has 2 aromatic heterocycles. The smallest absolute Gasteiger partial charge is 0.328 e. The van der Waals surface area contributed by atoms with Crippen molar-refractivity contribution in [3.05, 3.63) is 49.6 Å². The minimum Gasteiger partial charge on any atom is -0.340 e. The van der Waals surface area contributed by atoms with Gasteiger partial charge in [-0.3, -0.25) is 4.57 Å². The maximum absolute atomic E-state index is 12.5. The van der Waals surface area contributed by atoms with Crippen LogP contribution in [-0.2, 0) is 6.54 Å². The number of hydrogen-bond donors (Lipinski definition) is 2. The molecule has 0 bridgehead atoms. The molecule has 4 rings (SSSR count). The number of nitrogens with zero attached hydrogens (tertiary/aromatic N) is 4. The van der Waals surface area contributed by atoms with Crippen LogP contribution in [0.25, 0.3) is 11.2 Å². The molecule has 1 aliphatic rings. The van der Waals surface area contributed by atoms with Crippen molar-refractivity contribution in [3.63, 3.8) is 0 Å². The van der Waals surface area contributed by atoms with E-state index in [2.05, 4.69) is 61.8 Å². The molecule has 1 fully saturated rings. The van der Waals surface area contributed by atoms with Gasteiger partial charge in [-0.1, -0.05) is 12.1 Å². The number of anilines is 1. The number of aromatic nitrogens is 4. The molecule has 7 nitrogen and oxygen atoms in total. The lowest BCUT2D eigenvalue weighted by atomic mass is 10.1. The van der Waals surface area contributed by atoms with Gasteiger partial charge in [0.2, 0.25) is 5.95 Å². The Morgan fingerprint density at radius 1 is 1.42 bits per heavy atom. The summed E-state index contributed by atoms with van der Waals surface area (Å²) in [5.74, 6) is 0.651. The molecule has 0 aliphatic carbocycles. The summed E-state index contributed by atoms with van der Waals surface area (Å²) in [4.78, 5) is 26.6. The quantitative estimate of drug-likeness (QED) is 0.577. The van der Waals surface area contributed by atoms with E-state index in [1.54, 1.807) is 10.8 Å². The van der Waals surface area contributed by atoms with Crippen LogP contribution >= 0.6 is 22.6 Å². The van der Waals surface area contributed by atoms with Crippen LogP contribution in [0.4, 0.5) is 5.95 Å². The molecule has 1 aromatic carbocycles. The number of halogens is 1. The van der Waals surface area contributed by atoms with Gasteiger partial charge in [-0.2, -0.15) is 4.98 Å². The predicted molar refractivity (Wildman–Crippen MR) is 111 cm³/mol. The molecule has 0 saturated carbocycles. The van der Waals surface area contributed by atoms with Gasteiger partial charge in [0.25, 0.3) is 0 Å². The van der Waals surface area contributed by atoms with E-state index in [4.69, 9.17) is 4.98 Å². The van der Waals surface area contributed by atoms with E-state index in [1.165, 1.54) is 9.13 Å². The summed E-state index contributed by atoms with van der Waals surface area (Å²) in [7, 11) is 2.01. The summed E-state index contributed by atoms with van der Waals surface area (Å²) in [6.07, 6.45) is 2.77. The van der Waals surface area contributed by atoms with Crippen molar-refractivity contribution >= 4 is 39.7 Å². The number of likely N-dealkylation sites (N-methyl/N-ethyl adjacent to an activating group) is 1. The molecule has 1 aliphatic heterocycles. The average Bonchev–Trinajstić information content (AvgIpc) is 3.26. The number of rotatable bonds is 4. The fourth-order valence-electron chi connectivity index (χ4n) is 3.38. The first-order valence-corrected chi connectivity index (χ1v) is 9.75. The van der Waals surface area contributed by atoms with Crippen molar-refractivity contribution in [2.75, 3.05) is 25.0 Å². The van der Waals surface area contributed by atoms with Gasteiger partial charge in [0, 0.05) is 23.2 Å². The minimum atomic E-state index is -0.158. The highest BCUT2D eigenvalue weighted by atomic mass is 127. The predicted octanol–water partition coefficient (Wildman–Crippen LogP) is 1.88. The number of fused-ring (bicyclic) bond motifs is 1. The normalized spacial score (nSPS) is 17.1. The van der Waals surface area contributed by atoms with Gasteiger partial charge in [-0.25, -0.2) is 9.78 Å². The lowest BCUT2D eigenvalue weighted by molar-refractivity contribution is 0.668. The molecule has 136 valence electrons. The van der Waals surface area contributed by atoms with Gasteiger partial charge in [0.05, 0.1) is 12.7 Å². The van der Waals surface area contributed by atoms with E-state index < -0.39 is 0 Å². The van der Waals surface area contributed by atoms with Crippen LogP contribution in [0.15, 0.2) is 29.2 Å². The van der Waals surface area contributed by atoms with Crippen LogP contribution in [0, 0.1) is 10.5 Å². The summed E-state index contributed by atoms with van der Waals surface area (Å²) >= 11 is 2.32.